The molecule has 2 rings (SSSR count). The molecule has 0 radical (unpaired) electrons. The topological polar surface area (TPSA) is 34.2 Å². The van der Waals surface area contributed by atoms with E-state index < -0.39 is 0 Å². The third-order valence-corrected chi connectivity index (χ3v) is 4.14. The lowest BCUT2D eigenvalue weighted by molar-refractivity contribution is 0.407. The van der Waals surface area contributed by atoms with Crippen molar-refractivity contribution in [3.8, 4) is 5.75 Å². The predicted molar refractivity (Wildman–Crippen MR) is 91.1 cm³/mol. The van der Waals surface area contributed by atoms with E-state index in [-0.39, 0.29) is 0 Å². The highest BCUT2D eigenvalue weighted by atomic mass is 79.9. The average Bonchev–Trinajstić information content (AvgIpc) is 2.48. The van der Waals surface area contributed by atoms with Crippen molar-refractivity contribution in [2.45, 2.75) is 33.7 Å². The minimum atomic E-state index is 0.692. The van der Waals surface area contributed by atoms with E-state index in [0.29, 0.717) is 6.54 Å². The predicted octanol–water partition coefficient (Wildman–Crippen LogP) is 4.64. The van der Waals surface area contributed by atoms with Crippen molar-refractivity contribution < 1.29 is 4.74 Å². The Morgan fingerprint density at radius 2 is 2.05 bits per heavy atom. The van der Waals surface area contributed by atoms with Crippen LogP contribution in [0.15, 0.2) is 28.9 Å². The van der Waals surface area contributed by atoms with Gasteiger partial charge in [-0.05, 0) is 44.0 Å². The van der Waals surface area contributed by atoms with Gasteiger partial charge in [0.15, 0.2) is 0 Å². The van der Waals surface area contributed by atoms with Crippen LogP contribution in [0, 0.1) is 13.8 Å². The number of anilines is 1. The molecule has 1 N–H and O–H groups in total. The van der Waals surface area contributed by atoms with E-state index in [9.17, 15) is 0 Å². The van der Waals surface area contributed by atoms with Gasteiger partial charge in [0.25, 0.3) is 0 Å². The molecule has 4 heteroatoms. The molecule has 0 bridgehead atoms. The van der Waals surface area contributed by atoms with Gasteiger partial charge >= 0.3 is 0 Å². The Labute approximate surface area is 134 Å². The maximum atomic E-state index is 5.46. The van der Waals surface area contributed by atoms with E-state index in [4.69, 9.17) is 4.74 Å². The Bertz CT molecular complexity index is 641. The number of aromatic nitrogens is 1. The third kappa shape index (κ3) is 3.56. The standard InChI is InChI=1S/C17H21BrN2O/c1-5-13-8-14(18)6-7-15(13)20-10-16-12(3)17(21-4)11(2)9-19-16/h6-9,20H,5,10H2,1-4H3. The van der Waals surface area contributed by atoms with Gasteiger partial charge in [0, 0.05) is 27.5 Å². The molecular formula is C17H21BrN2O. The van der Waals surface area contributed by atoms with Crippen LogP contribution in [0.25, 0.3) is 0 Å². The van der Waals surface area contributed by atoms with Crippen LogP contribution in [0.5, 0.6) is 5.75 Å². The van der Waals surface area contributed by atoms with Gasteiger partial charge in [-0.15, -0.1) is 0 Å². The van der Waals surface area contributed by atoms with Crippen LogP contribution < -0.4 is 10.1 Å². The van der Waals surface area contributed by atoms with E-state index in [1.807, 2.05) is 13.1 Å². The second kappa shape index (κ2) is 6.94. The molecule has 3 nitrogen and oxygen atoms in total. The second-order valence-corrected chi connectivity index (χ2v) is 5.97. The van der Waals surface area contributed by atoms with Crippen LogP contribution in [0.4, 0.5) is 5.69 Å². The van der Waals surface area contributed by atoms with Crippen LogP contribution in [0.3, 0.4) is 0 Å². The van der Waals surface area contributed by atoms with Crippen LogP contribution in [0.1, 0.15) is 29.3 Å². The first kappa shape index (κ1) is 15.8. The summed E-state index contributed by atoms with van der Waals surface area (Å²) in [4.78, 5) is 4.52. The molecule has 0 saturated heterocycles. The van der Waals surface area contributed by atoms with Crippen molar-refractivity contribution in [3.63, 3.8) is 0 Å². The van der Waals surface area contributed by atoms with Gasteiger partial charge < -0.3 is 10.1 Å². The monoisotopic (exact) mass is 348 g/mol. The molecule has 1 heterocycles. The highest BCUT2D eigenvalue weighted by Crippen LogP contribution is 2.26. The quantitative estimate of drug-likeness (QED) is 0.854. The normalized spacial score (nSPS) is 10.5. The SMILES string of the molecule is CCc1cc(Br)ccc1NCc1ncc(C)c(OC)c1C. The Balaban J connectivity index is 2.21. The van der Waals surface area contributed by atoms with Crippen molar-refractivity contribution in [2.75, 3.05) is 12.4 Å². The number of nitrogens with zero attached hydrogens (tertiary/aromatic N) is 1. The first-order valence-electron chi connectivity index (χ1n) is 7.08. The van der Waals surface area contributed by atoms with Crippen molar-refractivity contribution in [1.29, 1.82) is 0 Å². The summed E-state index contributed by atoms with van der Waals surface area (Å²) in [5, 5.41) is 3.48. The van der Waals surface area contributed by atoms with Crippen molar-refractivity contribution in [2.24, 2.45) is 0 Å². The summed E-state index contributed by atoms with van der Waals surface area (Å²) in [6.45, 7) is 6.92. The zero-order chi connectivity index (χ0) is 15.4. The maximum Gasteiger partial charge on any atom is 0.128 e. The molecule has 0 spiro atoms. The fourth-order valence-electron chi connectivity index (χ4n) is 2.46. The lowest BCUT2D eigenvalue weighted by atomic mass is 10.1. The highest BCUT2D eigenvalue weighted by molar-refractivity contribution is 9.10. The third-order valence-electron chi connectivity index (χ3n) is 3.64. The van der Waals surface area contributed by atoms with Crippen LogP contribution >= 0.6 is 15.9 Å². The van der Waals surface area contributed by atoms with E-state index in [1.54, 1.807) is 7.11 Å². The molecule has 1 aromatic carbocycles. The van der Waals surface area contributed by atoms with E-state index in [0.717, 1.165) is 39.2 Å². The maximum absolute atomic E-state index is 5.46. The number of hydrogen-bond donors (Lipinski definition) is 1. The van der Waals surface area contributed by atoms with Crippen LogP contribution in [-0.2, 0) is 13.0 Å². The molecule has 0 amide bonds. The second-order valence-electron chi connectivity index (χ2n) is 5.05. The molecule has 1 aromatic heterocycles. The summed E-state index contributed by atoms with van der Waals surface area (Å²) in [5.74, 6) is 0.924. The molecule has 0 aliphatic rings. The number of benzene rings is 1. The van der Waals surface area contributed by atoms with Crippen LogP contribution in [0.2, 0.25) is 0 Å². The largest absolute Gasteiger partial charge is 0.496 e. The Kier molecular flexibility index (Phi) is 5.23. The summed E-state index contributed by atoms with van der Waals surface area (Å²) in [7, 11) is 1.70. The number of pyridine rings is 1. The summed E-state index contributed by atoms with van der Waals surface area (Å²) >= 11 is 3.51. The molecule has 0 aliphatic carbocycles. The molecule has 0 unspecified atom stereocenters. The lowest BCUT2D eigenvalue weighted by Gasteiger charge is -2.15. The highest BCUT2D eigenvalue weighted by Gasteiger charge is 2.10. The zero-order valence-electron chi connectivity index (χ0n) is 13.0. The molecule has 0 aliphatic heterocycles. The molecule has 112 valence electrons. The number of hydrogen-bond acceptors (Lipinski definition) is 3. The number of nitrogens with one attached hydrogen (secondary N) is 1. The lowest BCUT2D eigenvalue weighted by Crippen LogP contribution is -2.07. The van der Waals surface area contributed by atoms with Crippen molar-refractivity contribution in [1.82, 2.24) is 4.98 Å². The van der Waals surface area contributed by atoms with E-state index in [1.165, 1.54) is 5.56 Å². The summed E-state index contributed by atoms with van der Waals surface area (Å²) < 4.78 is 6.56. The first-order chi connectivity index (χ1) is 10.1. The van der Waals surface area contributed by atoms with Gasteiger partial charge in [-0.2, -0.15) is 0 Å². The molecule has 0 fully saturated rings. The molecular weight excluding hydrogens is 328 g/mol. The number of aryl methyl sites for hydroxylation is 2. The van der Waals surface area contributed by atoms with Gasteiger partial charge in [-0.3, -0.25) is 4.98 Å². The Morgan fingerprint density at radius 1 is 1.29 bits per heavy atom. The fraction of sp³-hybridized carbons (Fsp3) is 0.353. The number of halogens is 1. The van der Waals surface area contributed by atoms with E-state index >= 15 is 0 Å². The van der Waals surface area contributed by atoms with Crippen molar-refractivity contribution >= 4 is 21.6 Å². The van der Waals surface area contributed by atoms with Crippen LogP contribution in [-0.4, -0.2) is 12.1 Å². The smallest absolute Gasteiger partial charge is 0.128 e. The van der Waals surface area contributed by atoms with Gasteiger partial charge in [0.05, 0.1) is 19.3 Å². The van der Waals surface area contributed by atoms with Gasteiger partial charge in [0.2, 0.25) is 0 Å². The zero-order valence-corrected chi connectivity index (χ0v) is 14.5. The van der Waals surface area contributed by atoms with Gasteiger partial charge in [0.1, 0.15) is 5.75 Å². The average molecular weight is 349 g/mol. The fourth-order valence-corrected chi connectivity index (χ4v) is 2.86. The molecule has 2 aromatic rings. The van der Waals surface area contributed by atoms with Crippen molar-refractivity contribution in [3.05, 3.63) is 51.3 Å². The Hall–Kier alpha value is -1.55. The van der Waals surface area contributed by atoms with Gasteiger partial charge in [-0.25, -0.2) is 0 Å². The minimum absolute atomic E-state index is 0.692. The Morgan fingerprint density at radius 3 is 2.71 bits per heavy atom. The summed E-state index contributed by atoms with van der Waals surface area (Å²) in [6, 6.07) is 6.31. The number of methoxy groups -OCH3 is 1. The summed E-state index contributed by atoms with van der Waals surface area (Å²) in [5.41, 5.74) is 5.63. The van der Waals surface area contributed by atoms with Gasteiger partial charge in [-0.1, -0.05) is 22.9 Å². The number of rotatable bonds is 5. The minimum Gasteiger partial charge on any atom is -0.496 e. The number of ether oxygens (including phenoxy) is 1. The molecule has 0 saturated carbocycles. The summed E-state index contributed by atoms with van der Waals surface area (Å²) in [6.07, 6.45) is 2.86. The molecule has 21 heavy (non-hydrogen) atoms. The molecule has 0 atom stereocenters. The first-order valence-corrected chi connectivity index (χ1v) is 7.87. The van der Waals surface area contributed by atoms with E-state index in [2.05, 4.69) is 58.3 Å².